The van der Waals surface area contributed by atoms with E-state index in [1.54, 1.807) is 24.4 Å². The van der Waals surface area contributed by atoms with E-state index in [4.69, 9.17) is 10.5 Å². The van der Waals surface area contributed by atoms with Crippen LogP contribution in [0.2, 0.25) is 0 Å². The zero-order valence-electron chi connectivity index (χ0n) is 21.9. The molecular weight excluding hydrogens is 482 g/mol. The van der Waals surface area contributed by atoms with Crippen LogP contribution in [0.1, 0.15) is 82.9 Å². The zero-order valence-corrected chi connectivity index (χ0v) is 21.9. The number of nitrogens with two attached hydrogens (primary N) is 1. The summed E-state index contributed by atoms with van der Waals surface area (Å²) in [4.78, 5) is 44.4. The molecule has 2 bridgehead atoms. The SMILES string of the molecule is CCOCCC(=O)c1ccc(N2[C@@H]3CC[C@H]2CC(NC(=O)c2ccc(C(N)=O)c(NCC4CC4)c2)C3)nc1. The van der Waals surface area contributed by atoms with Gasteiger partial charge in [-0.2, -0.15) is 0 Å². The largest absolute Gasteiger partial charge is 0.384 e. The number of primary amides is 1. The van der Waals surface area contributed by atoms with E-state index in [1.807, 2.05) is 19.1 Å². The Balaban J connectivity index is 1.20. The normalized spacial score (nSPS) is 22.2. The predicted octanol–water partition coefficient (Wildman–Crippen LogP) is 3.54. The Hall–Kier alpha value is -3.46. The first-order valence-corrected chi connectivity index (χ1v) is 13.8. The molecule has 2 aliphatic heterocycles. The van der Waals surface area contributed by atoms with E-state index in [1.165, 1.54) is 12.8 Å². The summed E-state index contributed by atoms with van der Waals surface area (Å²) in [6.45, 7) is 3.72. The van der Waals surface area contributed by atoms with Crippen LogP contribution in [0.4, 0.5) is 11.5 Å². The van der Waals surface area contributed by atoms with Crippen LogP contribution in [0.25, 0.3) is 0 Å². The van der Waals surface area contributed by atoms with E-state index in [-0.39, 0.29) is 17.7 Å². The van der Waals surface area contributed by atoms with E-state index in [2.05, 4.69) is 20.5 Å². The van der Waals surface area contributed by atoms with Gasteiger partial charge in [0.05, 0.1) is 12.2 Å². The molecular formula is C29H37N5O4. The molecule has 1 aromatic heterocycles. The number of aromatic nitrogens is 1. The molecule has 3 heterocycles. The maximum Gasteiger partial charge on any atom is 0.251 e. The van der Waals surface area contributed by atoms with Crippen molar-refractivity contribution in [3.63, 3.8) is 0 Å². The number of Topliss-reactive ketones (excluding diaryl/α,β-unsaturated/α-hetero) is 1. The number of nitrogens with zero attached hydrogens (tertiary/aromatic N) is 2. The van der Waals surface area contributed by atoms with E-state index >= 15 is 0 Å². The predicted molar refractivity (Wildman–Crippen MR) is 146 cm³/mol. The molecule has 1 unspecified atom stereocenters. The second-order valence-electron chi connectivity index (χ2n) is 10.7. The van der Waals surface area contributed by atoms with Gasteiger partial charge in [0.15, 0.2) is 5.78 Å². The third kappa shape index (κ3) is 5.99. The average Bonchev–Trinajstić information content (AvgIpc) is 3.71. The Bertz CT molecular complexity index is 1170. The minimum absolute atomic E-state index is 0.0386. The fourth-order valence-corrected chi connectivity index (χ4v) is 5.72. The first-order chi connectivity index (χ1) is 18.4. The van der Waals surface area contributed by atoms with Gasteiger partial charge in [0.25, 0.3) is 11.8 Å². The quantitative estimate of drug-likeness (QED) is 0.289. The van der Waals surface area contributed by atoms with Crippen LogP contribution in [0.3, 0.4) is 0 Å². The van der Waals surface area contributed by atoms with Crippen molar-refractivity contribution < 1.29 is 19.1 Å². The topological polar surface area (TPSA) is 127 Å². The van der Waals surface area contributed by atoms with Crippen LogP contribution in [0, 0.1) is 5.92 Å². The number of hydrogen-bond acceptors (Lipinski definition) is 7. The van der Waals surface area contributed by atoms with Gasteiger partial charge in [0.1, 0.15) is 5.82 Å². The van der Waals surface area contributed by atoms with E-state index in [0.717, 1.165) is 38.0 Å². The van der Waals surface area contributed by atoms with Gasteiger partial charge in [-0.3, -0.25) is 14.4 Å². The van der Waals surface area contributed by atoms with Gasteiger partial charge < -0.3 is 26.0 Å². The number of pyridine rings is 1. The summed E-state index contributed by atoms with van der Waals surface area (Å²) in [6, 6.07) is 9.48. The van der Waals surface area contributed by atoms with Crippen LogP contribution in [-0.4, -0.2) is 60.5 Å². The van der Waals surface area contributed by atoms with Gasteiger partial charge in [0.2, 0.25) is 0 Å². The second kappa shape index (κ2) is 11.5. The summed E-state index contributed by atoms with van der Waals surface area (Å²) in [5.74, 6) is 0.909. The number of carbonyl (C=O) groups is 3. The van der Waals surface area contributed by atoms with Crippen LogP contribution < -0.4 is 21.3 Å². The van der Waals surface area contributed by atoms with E-state index in [0.29, 0.717) is 60.0 Å². The van der Waals surface area contributed by atoms with Crippen molar-refractivity contribution in [2.75, 3.05) is 30.0 Å². The first kappa shape index (κ1) is 26.2. The van der Waals surface area contributed by atoms with Crippen LogP contribution >= 0.6 is 0 Å². The molecule has 2 amide bonds. The molecule has 0 spiro atoms. The lowest BCUT2D eigenvalue weighted by molar-refractivity contribution is 0.0893. The summed E-state index contributed by atoms with van der Waals surface area (Å²) in [5.41, 5.74) is 7.71. The minimum Gasteiger partial charge on any atom is -0.384 e. The fraction of sp³-hybridized carbons (Fsp3) is 0.517. The Morgan fingerprint density at radius 1 is 1.05 bits per heavy atom. The number of hydrogen-bond donors (Lipinski definition) is 3. The summed E-state index contributed by atoms with van der Waals surface area (Å²) in [7, 11) is 0. The minimum atomic E-state index is -0.504. The highest BCUT2D eigenvalue weighted by molar-refractivity contribution is 6.02. The highest BCUT2D eigenvalue weighted by Gasteiger charge is 2.41. The third-order valence-electron chi connectivity index (χ3n) is 7.91. The molecule has 9 heteroatoms. The number of ether oxygens (including phenoxy) is 1. The molecule has 2 saturated heterocycles. The lowest BCUT2D eigenvalue weighted by Crippen LogP contribution is -2.50. The Morgan fingerprint density at radius 2 is 1.79 bits per heavy atom. The van der Waals surface area contributed by atoms with Gasteiger partial charge in [-0.1, -0.05) is 0 Å². The van der Waals surface area contributed by atoms with Crippen molar-refractivity contribution in [3.05, 3.63) is 53.2 Å². The molecule has 9 nitrogen and oxygen atoms in total. The Morgan fingerprint density at radius 3 is 2.42 bits per heavy atom. The summed E-state index contributed by atoms with van der Waals surface area (Å²) < 4.78 is 5.29. The second-order valence-corrected chi connectivity index (χ2v) is 10.7. The fourth-order valence-electron chi connectivity index (χ4n) is 5.72. The molecule has 2 aromatic rings. The maximum atomic E-state index is 13.2. The number of rotatable bonds is 12. The average molecular weight is 520 g/mol. The van der Waals surface area contributed by atoms with Gasteiger partial charge in [-0.25, -0.2) is 4.98 Å². The Labute approximate surface area is 223 Å². The number of ketones is 1. The summed E-state index contributed by atoms with van der Waals surface area (Å²) >= 11 is 0. The monoisotopic (exact) mass is 519 g/mol. The van der Waals surface area contributed by atoms with E-state index < -0.39 is 5.91 Å². The first-order valence-electron chi connectivity index (χ1n) is 13.8. The lowest BCUT2D eigenvalue weighted by atomic mass is 9.96. The van der Waals surface area contributed by atoms with E-state index in [9.17, 15) is 14.4 Å². The number of anilines is 2. The maximum absolute atomic E-state index is 13.2. The molecule has 1 aliphatic carbocycles. The van der Waals surface area contributed by atoms with Gasteiger partial charge in [0, 0.05) is 60.7 Å². The lowest BCUT2D eigenvalue weighted by Gasteiger charge is -2.40. The Kier molecular flexibility index (Phi) is 7.93. The van der Waals surface area contributed by atoms with Gasteiger partial charge in [-0.05, 0) is 81.7 Å². The summed E-state index contributed by atoms with van der Waals surface area (Å²) in [6.07, 6.45) is 8.18. The highest BCUT2D eigenvalue weighted by Crippen LogP contribution is 2.38. The number of carbonyl (C=O) groups excluding carboxylic acids is 3. The van der Waals surface area contributed by atoms with Gasteiger partial charge >= 0.3 is 0 Å². The molecule has 38 heavy (non-hydrogen) atoms. The third-order valence-corrected chi connectivity index (χ3v) is 7.91. The molecule has 4 N–H and O–H groups in total. The number of piperidine rings is 1. The van der Waals surface area contributed by atoms with Crippen molar-refractivity contribution in [1.29, 1.82) is 0 Å². The van der Waals surface area contributed by atoms with Crippen LogP contribution in [-0.2, 0) is 4.74 Å². The highest BCUT2D eigenvalue weighted by atomic mass is 16.5. The number of benzene rings is 1. The number of nitrogens with one attached hydrogen (secondary N) is 2. The van der Waals surface area contributed by atoms with Gasteiger partial charge in [-0.15, -0.1) is 0 Å². The van der Waals surface area contributed by atoms with Crippen molar-refractivity contribution >= 4 is 29.1 Å². The number of fused-ring (bicyclic) bond motifs is 2. The van der Waals surface area contributed by atoms with Crippen LogP contribution in [0.5, 0.6) is 0 Å². The van der Waals surface area contributed by atoms with Crippen LogP contribution in [0.15, 0.2) is 36.5 Å². The zero-order chi connectivity index (χ0) is 26.6. The molecule has 0 radical (unpaired) electrons. The molecule has 202 valence electrons. The smallest absolute Gasteiger partial charge is 0.251 e. The molecule has 1 saturated carbocycles. The standard InChI is InChI=1S/C29H37N5O4/c1-2-38-12-11-26(35)20-6-10-27(32-17-20)34-22-7-8-23(34)15-21(14-22)33-29(37)19-5-9-24(28(30)36)25(13-19)31-16-18-3-4-18/h5-6,9-10,13,17-18,21-23,31H,2-4,7-8,11-12,14-16H2,1H3,(H2,30,36)(H,33,37)/t21?,22-,23+. The molecule has 3 aliphatic rings. The molecule has 3 fully saturated rings. The molecule has 5 rings (SSSR count). The molecule has 1 aromatic carbocycles. The van der Waals surface area contributed by atoms with Crippen molar-refractivity contribution in [2.45, 2.75) is 70.0 Å². The summed E-state index contributed by atoms with van der Waals surface area (Å²) in [5, 5.41) is 6.53. The van der Waals surface area contributed by atoms with Crippen molar-refractivity contribution in [1.82, 2.24) is 10.3 Å². The van der Waals surface area contributed by atoms with Crippen molar-refractivity contribution in [2.24, 2.45) is 11.7 Å². The van der Waals surface area contributed by atoms with Crippen molar-refractivity contribution in [3.8, 4) is 0 Å². The number of amides is 2. The molecule has 3 atom stereocenters.